The third-order valence-electron chi connectivity index (χ3n) is 3.64. The first-order valence-electron chi connectivity index (χ1n) is 6.23. The van der Waals surface area contributed by atoms with Gasteiger partial charge in [0.15, 0.2) is 0 Å². The quantitative estimate of drug-likeness (QED) is 0.748. The molecule has 1 aliphatic rings. The second kappa shape index (κ2) is 4.88. The number of hydrogen-bond acceptors (Lipinski definition) is 2. The van der Waals surface area contributed by atoms with Gasteiger partial charge < -0.3 is 11.1 Å². The van der Waals surface area contributed by atoms with Crippen molar-refractivity contribution >= 4 is 5.69 Å². The molecule has 88 valence electrons. The number of nitrogens with one attached hydrogen (secondary N) is 1. The van der Waals surface area contributed by atoms with E-state index in [-0.39, 0.29) is 0 Å². The van der Waals surface area contributed by atoms with Gasteiger partial charge in [-0.3, -0.25) is 0 Å². The molecule has 0 amide bonds. The van der Waals surface area contributed by atoms with Crippen molar-refractivity contribution in [1.29, 1.82) is 0 Å². The molecule has 16 heavy (non-hydrogen) atoms. The maximum absolute atomic E-state index is 5.97. The molecule has 0 unspecified atom stereocenters. The molecule has 0 spiro atoms. The summed E-state index contributed by atoms with van der Waals surface area (Å²) in [5.41, 5.74) is 10.8. The van der Waals surface area contributed by atoms with Gasteiger partial charge in [-0.15, -0.1) is 0 Å². The SMILES string of the molecule is Cc1cc(CC2CCNCC2)cc(C)c1N. The Labute approximate surface area is 98.2 Å². The molecular formula is C14H22N2. The third-order valence-corrected chi connectivity index (χ3v) is 3.64. The van der Waals surface area contributed by atoms with Crippen LogP contribution in [-0.2, 0) is 6.42 Å². The normalized spacial score (nSPS) is 17.6. The standard InChI is InChI=1S/C14H22N2/c1-10-7-13(8-11(2)14(10)15)9-12-3-5-16-6-4-12/h7-8,12,16H,3-6,9,15H2,1-2H3. The minimum atomic E-state index is 0.851. The first-order valence-corrected chi connectivity index (χ1v) is 6.23. The van der Waals surface area contributed by atoms with E-state index in [1.54, 1.807) is 0 Å². The van der Waals surface area contributed by atoms with Crippen LogP contribution in [0.5, 0.6) is 0 Å². The van der Waals surface area contributed by atoms with E-state index in [2.05, 4.69) is 31.3 Å². The summed E-state index contributed by atoms with van der Waals surface area (Å²) < 4.78 is 0. The Morgan fingerprint density at radius 2 is 1.75 bits per heavy atom. The van der Waals surface area contributed by atoms with E-state index < -0.39 is 0 Å². The van der Waals surface area contributed by atoms with Crippen molar-refractivity contribution in [3.05, 3.63) is 28.8 Å². The molecule has 0 aromatic heterocycles. The molecule has 3 N–H and O–H groups in total. The summed E-state index contributed by atoms with van der Waals surface area (Å²) in [5, 5.41) is 3.41. The van der Waals surface area contributed by atoms with E-state index >= 15 is 0 Å². The lowest BCUT2D eigenvalue weighted by atomic mass is 9.89. The average Bonchev–Trinajstić information content (AvgIpc) is 2.27. The molecule has 2 nitrogen and oxygen atoms in total. The molecule has 1 aromatic carbocycles. The number of nitrogens with two attached hydrogens (primary N) is 1. The van der Waals surface area contributed by atoms with E-state index in [1.807, 2.05) is 0 Å². The molecule has 0 radical (unpaired) electrons. The smallest absolute Gasteiger partial charge is 0.0373 e. The van der Waals surface area contributed by atoms with Crippen LogP contribution in [0.1, 0.15) is 29.5 Å². The van der Waals surface area contributed by atoms with Gasteiger partial charge in [-0.2, -0.15) is 0 Å². The Morgan fingerprint density at radius 1 is 1.19 bits per heavy atom. The highest BCUT2D eigenvalue weighted by atomic mass is 14.9. The highest BCUT2D eigenvalue weighted by molar-refractivity contribution is 5.54. The van der Waals surface area contributed by atoms with E-state index in [1.165, 1.54) is 49.0 Å². The van der Waals surface area contributed by atoms with Crippen LogP contribution in [0.4, 0.5) is 5.69 Å². The number of piperidine rings is 1. The van der Waals surface area contributed by atoms with E-state index in [0.29, 0.717) is 0 Å². The molecule has 1 aliphatic heterocycles. The predicted molar refractivity (Wildman–Crippen MR) is 69.6 cm³/mol. The van der Waals surface area contributed by atoms with E-state index in [0.717, 1.165) is 11.6 Å². The molecule has 2 rings (SSSR count). The van der Waals surface area contributed by atoms with Crippen LogP contribution < -0.4 is 11.1 Å². The Balaban J connectivity index is 2.09. The molecule has 2 heteroatoms. The molecule has 1 aromatic rings. The van der Waals surface area contributed by atoms with Gasteiger partial charge in [0, 0.05) is 5.69 Å². The monoisotopic (exact) mass is 218 g/mol. The highest BCUT2D eigenvalue weighted by Gasteiger charge is 2.14. The van der Waals surface area contributed by atoms with Gasteiger partial charge in [0.1, 0.15) is 0 Å². The van der Waals surface area contributed by atoms with Crippen molar-refractivity contribution in [2.24, 2.45) is 5.92 Å². The number of nitrogen functional groups attached to an aromatic ring is 1. The summed E-state index contributed by atoms with van der Waals surface area (Å²) in [6.07, 6.45) is 3.83. The molecule has 0 atom stereocenters. The summed E-state index contributed by atoms with van der Waals surface area (Å²) in [6, 6.07) is 4.51. The minimum absolute atomic E-state index is 0.851. The maximum atomic E-state index is 5.97. The lowest BCUT2D eigenvalue weighted by Gasteiger charge is -2.23. The summed E-state index contributed by atoms with van der Waals surface area (Å²) in [4.78, 5) is 0. The number of rotatable bonds is 2. The first kappa shape index (κ1) is 11.5. The second-order valence-corrected chi connectivity index (χ2v) is 5.04. The number of anilines is 1. The topological polar surface area (TPSA) is 38.0 Å². The fourth-order valence-electron chi connectivity index (χ4n) is 2.60. The van der Waals surface area contributed by atoms with Crippen LogP contribution in [-0.4, -0.2) is 13.1 Å². The van der Waals surface area contributed by atoms with E-state index in [9.17, 15) is 0 Å². The van der Waals surface area contributed by atoms with E-state index in [4.69, 9.17) is 5.73 Å². The number of aryl methyl sites for hydroxylation is 2. The van der Waals surface area contributed by atoms with Crippen molar-refractivity contribution in [1.82, 2.24) is 5.32 Å². The van der Waals surface area contributed by atoms with Crippen molar-refractivity contribution in [2.45, 2.75) is 33.1 Å². The summed E-state index contributed by atoms with van der Waals surface area (Å²) in [7, 11) is 0. The van der Waals surface area contributed by atoms with Crippen molar-refractivity contribution in [3.8, 4) is 0 Å². The Bertz CT molecular complexity index is 342. The molecule has 0 saturated carbocycles. The predicted octanol–water partition coefficient (Wildman–Crippen LogP) is 2.43. The van der Waals surface area contributed by atoms with Gasteiger partial charge in [0.2, 0.25) is 0 Å². The second-order valence-electron chi connectivity index (χ2n) is 5.04. The number of hydrogen-bond donors (Lipinski definition) is 2. The fraction of sp³-hybridized carbons (Fsp3) is 0.571. The van der Waals surface area contributed by atoms with Gasteiger partial charge in [-0.25, -0.2) is 0 Å². The largest absolute Gasteiger partial charge is 0.398 e. The van der Waals surface area contributed by atoms with Crippen LogP contribution in [0.2, 0.25) is 0 Å². The highest BCUT2D eigenvalue weighted by Crippen LogP contribution is 2.23. The zero-order valence-corrected chi connectivity index (χ0v) is 10.3. The molecule has 1 saturated heterocycles. The van der Waals surface area contributed by atoms with Crippen molar-refractivity contribution in [3.63, 3.8) is 0 Å². The van der Waals surface area contributed by atoms with Crippen LogP contribution in [0.15, 0.2) is 12.1 Å². The van der Waals surface area contributed by atoms with Crippen LogP contribution in [0.25, 0.3) is 0 Å². The third kappa shape index (κ3) is 2.56. The molecule has 0 aliphatic carbocycles. The van der Waals surface area contributed by atoms with Gasteiger partial charge in [-0.1, -0.05) is 12.1 Å². The van der Waals surface area contributed by atoms with Gasteiger partial charge in [0.05, 0.1) is 0 Å². The molecular weight excluding hydrogens is 196 g/mol. The fourth-order valence-corrected chi connectivity index (χ4v) is 2.60. The minimum Gasteiger partial charge on any atom is -0.398 e. The Morgan fingerprint density at radius 3 is 2.31 bits per heavy atom. The maximum Gasteiger partial charge on any atom is 0.0373 e. The van der Waals surface area contributed by atoms with Gasteiger partial charge >= 0.3 is 0 Å². The van der Waals surface area contributed by atoms with Gasteiger partial charge in [-0.05, 0) is 68.8 Å². The molecule has 1 heterocycles. The van der Waals surface area contributed by atoms with Gasteiger partial charge in [0.25, 0.3) is 0 Å². The van der Waals surface area contributed by atoms with Crippen molar-refractivity contribution < 1.29 is 0 Å². The lowest BCUT2D eigenvalue weighted by Crippen LogP contribution is -2.28. The van der Waals surface area contributed by atoms with Crippen LogP contribution in [0, 0.1) is 19.8 Å². The van der Waals surface area contributed by atoms with Crippen LogP contribution in [0.3, 0.4) is 0 Å². The zero-order chi connectivity index (χ0) is 11.5. The Hall–Kier alpha value is -1.02. The Kier molecular flexibility index (Phi) is 3.49. The zero-order valence-electron chi connectivity index (χ0n) is 10.3. The first-order chi connectivity index (χ1) is 7.66. The summed E-state index contributed by atoms with van der Waals surface area (Å²) in [5.74, 6) is 0.851. The average molecular weight is 218 g/mol. The lowest BCUT2D eigenvalue weighted by molar-refractivity contribution is 0.372. The molecule has 1 fully saturated rings. The summed E-state index contributed by atoms with van der Waals surface area (Å²) >= 11 is 0. The van der Waals surface area contributed by atoms with Crippen molar-refractivity contribution in [2.75, 3.05) is 18.8 Å². The number of benzene rings is 1. The summed E-state index contributed by atoms with van der Waals surface area (Å²) in [6.45, 7) is 6.57. The molecule has 0 bridgehead atoms. The van der Waals surface area contributed by atoms with Crippen LogP contribution >= 0.6 is 0 Å².